The van der Waals surface area contributed by atoms with E-state index >= 15 is 0 Å². The summed E-state index contributed by atoms with van der Waals surface area (Å²) in [6.45, 7) is 10.0. The summed E-state index contributed by atoms with van der Waals surface area (Å²) >= 11 is 1.80. The van der Waals surface area contributed by atoms with Crippen molar-refractivity contribution in [2.45, 2.75) is 39.7 Å². The predicted molar refractivity (Wildman–Crippen MR) is 75.0 cm³/mol. The normalized spacial score (nSPS) is 12.0. The van der Waals surface area contributed by atoms with Gasteiger partial charge in [-0.3, -0.25) is 0 Å². The van der Waals surface area contributed by atoms with Crippen LogP contribution in [0.1, 0.15) is 36.1 Å². The molecule has 3 nitrogen and oxygen atoms in total. The molecule has 0 fully saturated rings. The van der Waals surface area contributed by atoms with Crippen molar-refractivity contribution in [3.05, 3.63) is 39.7 Å². The van der Waals surface area contributed by atoms with Crippen LogP contribution in [0.25, 0.3) is 0 Å². The summed E-state index contributed by atoms with van der Waals surface area (Å²) in [7, 11) is 0. The highest BCUT2D eigenvalue weighted by Crippen LogP contribution is 2.26. The van der Waals surface area contributed by atoms with Gasteiger partial charge in [-0.05, 0) is 25.3 Å². The smallest absolute Gasteiger partial charge is 0.208 e. The van der Waals surface area contributed by atoms with Crippen molar-refractivity contribution < 1.29 is 4.42 Å². The third-order valence-corrected chi connectivity index (χ3v) is 4.34. The molecule has 18 heavy (non-hydrogen) atoms. The second-order valence-electron chi connectivity index (χ2n) is 5.21. The van der Waals surface area contributed by atoms with Crippen LogP contribution in [0.3, 0.4) is 0 Å². The fraction of sp³-hybridized carbons (Fsp3) is 0.500. The molecule has 0 aliphatic rings. The molecule has 2 rings (SSSR count). The molecule has 2 aromatic heterocycles. The van der Waals surface area contributed by atoms with E-state index in [0.717, 1.165) is 23.9 Å². The molecule has 0 aromatic carbocycles. The minimum absolute atomic E-state index is 0.144. The monoisotopic (exact) mass is 264 g/mol. The highest BCUT2D eigenvalue weighted by Gasteiger charge is 2.21. The lowest BCUT2D eigenvalue weighted by Gasteiger charge is -2.23. The highest BCUT2D eigenvalue weighted by molar-refractivity contribution is 7.10. The maximum absolute atomic E-state index is 5.55. The van der Waals surface area contributed by atoms with Gasteiger partial charge in [-0.1, -0.05) is 19.9 Å². The largest absolute Gasteiger partial charge is 0.444 e. The minimum Gasteiger partial charge on any atom is -0.444 e. The molecule has 0 saturated carbocycles. The van der Waals surface area contributed by atoms with E-state index in [1.807, 2.05) is 13.8 Å². The number of thiophene rings is 1. The highest BCUT2D eigenvalue weighted by atomic mass is 32.1. The number of hydrogen-bond acceptors (Lipinski definition) is 4. The molecule has 0 atom stereocenters. The maximum Gasteiger partial charge on any atom is 0.208 e. The fourth-order valence-electron chi connectivity index (χ4n) is 1.85. The molecule has 0 aliphatic carbocycles. The molecule has 2 heterocycles. The number of nitrogens with zero attached hydrogens (tertiary/aromatic N) is 1. The topological polar surface area (TPSA) is 38.1 Å². The number of aromatic nitrogens is 1. The van der Waals surface area contributed by atoms with E-state index in [0.29, 0.717) is 6.54 Å². The minimum atomic E-state index is 0.144. The first-order chi connectivity index (χ1) is 8.49. The van der Waals surface area contributed by atoms with Crippen molar-refractivity contribution in [3.63, 3.8) is 0 Å². The average Bonchev–Trinajstić information content (AvgIpc) is 2.90. The Morgan fingerprint density at radius 3 is 2.72 bits per heavy atom. The first-order valence-electron chi connectivity index (χ1n) is 6.16. The number of nitrogens with one attached hydrogen (secondary N) is 1. The summed E-state index contributed by atoms with van der Waals surface area (Å²) in [4.78, 5) is 5.76. The Hall–Kier alpha value is -1.13. The van der Waals surface area contributed by atoms with Gasteiger partial charge < -0.3 is 9.73 Å². The molecular formula is C14H20N2OS. The average molecular weight is 264 g/mol. The molecule has 0 bridgehead atoms. The number of rotatable bonds is 5. The van der Waals surface area contributed by atoms with Crippen molar-refractivity contribution in [2.75, 3.05) is 6.54 Å². The van der Waals surface area contributed by atoms with Crippen LogP contribution >= 0.6 is 11.3 Å². The molecule has 2 aromatic rings. The van der Waals surface area contributed by atoms with E-state index in [1.54, 1.807) is 11.3 Å². The molecule has 0 amide bonds. The van der Waals surface area contributed by atoms with Crippen LogP contribution in [-0.2, 0) is 12.0 Å². The molecule has 0 aliphatic heterocycles. The van der Waals surface area contributed by atoms with Gasteiger partial charge in [-0.2, -0.15) is 0 Å². The Morgan fingerprint density at radius 2 is 2.17 bits per heavy atom. The van der Waals surface area contributed by atoms with E-state index < -0.39 is 0 Å². The Bertz CT molecular complexity index is 480. The summed E-state index contributed by atoms with van der Waals surface area (Å²) in [6, 6.07) is 4.29. The van der Waals surface area contributed by atoms with Gasteiger partial charge >= 0.3 is 0 Å². The van der Waals surface area contributed by atoms with Gasteiger partial charge in [0.05, 0.1) is 12.2 Å². The molecule has 4 heteroatoms. The van der Waals surface area contributed by atoms with E-state index in [9.17, 15) is 0 Å². The zero-order chi connectivity index (χ0) is 13.2. The Balaban J connectivity index is 1.89. The molecule has 0 saturated heterocycles. The fourth-order valence-corrected chi connectivity index (χ4v) is 2.70. The lowest BCUT2D eigenvalue weighted by atomic mass is 9.91. The van der Waals surface area contributed by atoms with Crippen LogP contribution in [0.4, 0.5) is 0 Å². The second kappa shape index (κ2) is 5.24. The Morgan fingerprint density at radius 1 is 1.39 bits per heavy atom. The van der Waals surface area contributed by atoms with Gasteiger partial charge in [0, 0.05) is 16.8 Å². The zero-order valence-electron chi connectivity index (χ0n) is 11.4. The molecular weight excluding hydrogens is 244 g/mol. The second-order valence-corrected chi connectivity index (χ2v) is 6.16. The summed E-state index contributed by atoms with van der Waals surface area (Å²) < 4.78 is 5.55. The van der Waals surface area contributed by atoms with E-state index in [-0.39, 0.29) is 5.41 Å². The third kappa shape index (κ3) is 3.00. The van der Waals surface area contributed by atoms with E-state index in [2.05, 4.69) is 41.7 Å². The summed E-state index contributed by atoms with van der Waals surface area (Å²) in [5, 5.41) is 5.54. The number of oxazole rings is 1. The number of hydrogen-bond donors (Lipinski definition) is 1. The molecule has 98 valence electrons. The SMILES string of the molecule is Cc1nc(CNCC(C)(C)c2cccs2)oc1C. The van der Waals surface area contributed by atoms with Crippen LogP contribution < -0.4 is 5.32 Å². The predicted octanol–water partition coefficient (Wildman–Crippen LogP) is 3.42. The van der Waals surface area contributed by atoms with Crippen molar-refractivity contribution in [1.29, 1.82) is 0 Å². The maximum atomic E-state index is 5.55. The first-order valence-corrected chi connectivity index (χ1v) is 7.04. The van der Waals surface area contributed by atoms with Crippen molar-refractivity contribution in [1.82, 2.24) is 10.3 Å². The molecule has 0 unspecified atom stereocenters. The summed E-state index contributed by atoms with van der Waals surface area (Å²) in [5.74, 6) is 1.68. The van der Waals surface area contributed by atoms with E-state index in [4.69, 9.17) is 4.42 Å². The lowest BCUT2D eigenvalue weighted by molar-refractivity contribution is 0.418. The quantitative estimate of drug-likeness (QED) is 0.899. The van der Waals surface area contributed by atoms with Gasteiger partial charge in [0.2, 0.25) is 5.89 Å². The van der Waals surface area contributed by atoms with Crippen molar-refractivity contribution in [3.8, 4) is 0 Å². The van der Waals surface area contributed by atoms with Crippen molar-refractivity contribution >= 4 is 11.3 Å². The van der Waals surface area contributed by atoms with Crippen LogP contribution in [0.2, 0.25) is 0 Å². The van der Waals surface area contributed by atoms with Gasteiger partial charge in [0.25, 0.3) is 0 Å². The summed E-state index contributed by atoms with van der Waals surface area (Å²) in [6.07, 6.45) is 0. The summed E-state index contributed by atoms with van der Waals surface area (Å²) in [5.41, 5.74) is 1.12. The van der Waals surface area contributed by atoms with Gasteiger partial charge in [-0.15, -0.1) is 11.3 Å². The van der Waals surface area contributed by atoms with Gasteiger partial charge in [0.15, 0.2) is 0 Å². The van der Waals surface area contributed by atoms with Crippen LogP contribution in [-0.4, -0.2) is 11.5 Å². The lowest BCUT2D eigenvalue weighted by Crippen LogP contribution is -2.31. The van der Waals surface area contributed by atoms with E-state index in [1.165, 1.54) is 4.88 Å². The zero-order valence-corrected chi connectivity index (χ0v) is 12.2. The standard InChI is InChI=1S/C14H20N2OS/c1-10-11(2)17-13(16-10)8-15-9-14(3,4)12-6-5-7-18-12/h5-7,15H,8-9H2,1-4H3. The molecule has 0 radical (unpaired) electrons. The van der Waals surface area contributed by atoms with Crippen LogP contribution in [0.15, 0.2) is 21.9 Å². The first kappa shape index (κ1) is 13.3. The number of aryl methyl sites for hydroxylation is 2. The third-order valence-electron chi connectivity index (χ3n) is 3.10. The Kier molecular flexibility index (Phi) is 3.88. The van der Waals surface area contributed by atoms with Crippen molar-refractivity contribution in [2.24, 2.45) is 0 Å². The molecule has 0 spiro atoms. The van der Waals surface area contributed by atoms with Gasteiger partial charge in [-0.25, -0.2) is 4.98 Å². The van der Waals surface area contributed by atoms with Gasteiger partial charge in [0.1, 0.15) is 5.76 Å². The molecule has 1 N–H and O–H groups in total. The van der Waals surface area contributed by atoms with Crippen LogP contribution in [0.5, 0.6) is 0 Å². The van der Waals surface area contributed by atoms with Crippen LogP contribution in [0, 0.1) is 13.8 Å². The Labute approximate surface area is 112 Å².